The number of aromatic carboxylic acids is 1. The van der Waals surface area contributed by atoms with Gasteiger partial charge in [0, 0.05) is 5.69 Å². The number of rotatable bonds is 5. The summed E-state index contributed by atoms with van der Waals surface area (Å²) in [4.78, 5) is 43.9. The largest absolute Gasteiger partial charge is 0.478 e. The summed E-state index contributed by atoms with van der Waals surface area (Å²) < 4.78 is 5.12. The fourth-order valence-electron chi connectivity index (χ4n) is 2.34. The van der Waals surface area contributed by atoms with Gasteiger partial charge in [-0.05, 0) is 37.3 Å². The SMILES string of the molecule is CC(OC(=O)c1cnc2ccccc2n1)C(=O)Nc1ccc(Cl)c(C(=O)O)c1. The molecule has 0 bridgehead atoms. The minimum absolute atomic E-state index is 0.0296. The molecular weight excluding hydrogens is 386 g/mol. The van der Waals surface area contributed by atoms with Crippen LogP contribution in [0, 0.1) is 0 Å². The summed E-state index contributed by atoms with van der Waals surface area (Å²) >= 11 is 5.79. The molecule has 0 spiro atoms. The number of carbonyl (C=O) groups excluding carboxylic acids is 2. The lowest BCUT2D eigenvalue weighted by atomic mass is 10.2. The van der Waals surface area contributed by atoms with E-state index in [4.69, 9.17) is 21.4 Å². The fourth-order valence-corrected chi connectivity index (χ4v) is 2.54. The zero-order chi connectivity index (χ0) is 20.3. The van der Waals surface area contributed by atoms with E-state index in [9.17, 15) is 14.4 Å². The molecule has 0 aliphatic rings. The van der Waals surface area contributed by atoms with E-state index in [-0.39, 0.29) is 22.0 Å². The zero-order valence-electron chi connectivity index (χ0n) is 14.5. The average molecular weight is 400 g/mol. The van der Waals surface area contributed by atoms with Gasteiger partial charge in [-0.2, -0.15) is 0 Å². The molecule has 0 saturated heterocycles. The minimum Gasteiger partial charge on any atom is -0.478 e. The van der Waals surface area contributed by atoms with Crippen molar-refractivity contribution < 1.29 is 24.2 Å². The van der Waals surface area contributed by atoms with Crippen molar-refractivity contribution in [2.45, 2.75) is 13.0 Å². The molecule has 1 aromatic heterocycles. The van der Waals surface area contributed by atoms with E-state index in [1.807, 2.05) is 0 Å². The first-order valence-corrected chi connectivity index (χ1v) is 8.49. The molecule has 3 aromatic rings. The Morgan fingerprint density at radius 2 is 1.86 bits per heavy atom. The van der Waals surface area contributed by atoms with E-state index >= 15 is 0 Å². The molecule has 0 aliphatic heterocycles. The maximum atomic E-state index is 12.3. The number of ether oxygens (including phenoxy) is 1. The van der Waals surface area contributed by atoms with Gasteiger partial charge >= 0.3 is 11.9 Å². The number of nitrogens with zero attached hydrogens (tertiary/aromatic N) is 2. The summed E-state index contributed by atoms with van der Waals surface area (Å²) in [5, 5.41) is 11.6. The molecule has 2 N–H and O–H groups in total. The van der Waals surface area contributed by atoms with Gasteiger partial charge < -0.3 is 15.2 Å². The average Bonchev–Trinajstić information content (AvgIpc) is 2.68. The van der Waals surface area contributed by atoms with Gasteiger partial charge in [-0.3, -0.25) is 9.78 Å². The lowest BCUT2D eigenvalue weighted by Crippen LogP contribution is -2.30. The molecule has 142 valence electrons. The standard InChI is InChI=1S/C19H14ClN3O5/c1-10(17(24)22-11-6-7-13(20)12(8-11)18(25)26)28-19(27)16-9-21-14-4-2-3-5-15(14)23-16/h2-10H,1H3,(H,22,24)(H,25,26). The number of halogens is 1. The number of amides is 1. The van der Waals surface area contributed by atoms with E-state index in [2.05, 4.69) is 15.3 Å². The Hall–Kier alpha value is -3.52. The van der Waals surface area contributed by atoms with Gasteiger partial charge in [0.2, 0.25) is 0 Å². The molecule has 1 amide bonds. The van der Waals surface area contributed by atoms with Crippen LogP contribution in [0.25, 0.3) is 11.0 Å². The van der Waals surface area contributed by atoms with Crippen LogP contribution in [0.2, 0.25) is 5.02 Å². The first kappa shape index (κ1) is 19.2. The highest BCUT2D eigenvalue weighted by Crippen LogP contribution is 2.21. The van der Waals surface area contributed by atoms with Gasteiger partial charge in [0.15, 0.2) is 11.8 Å². The molecule has 0 saturated carbocycles. The number of esters is 1. The van der Waals surface area contributed by atoms with Crippen molar-refractivity contribution >= 4 is 46.2 Å². The van der Waals surface area contributed by atoms with Crippen LogP contribution in [0.3, 0.4) is 0 Å². The monoisotopic (exact) mass is 399 g/mol. The maximum Gasteiger partial charge on any atom is 0.359 e. The summed E-state index contributed by atoms with van der Waals surface area (Å²) in [5.41, 5.74) is 1.17. The van der Waals surface area contributed by atoms with Crippen LogP contribution in [-0.4, -0.2) is 39.0 Å². The number of hydrogen-bond donors (Lipinski definition) is 2. The second-order valence-corrected chi connectivity index (χ2v) is 6.19. The third-order valence-electron chi connectivity index (χ3n) is 3.78. The van der Waals surface area contributed by atoms with Gasteiger partial charge in [-0.1, -0.05) is 23.7 Å². The topological polar surface area (TPSA) is 118 Å². The Kier molecular flexibility index (Phi) is 5.51. The minimum atomic E-state index is -1.23. The molecule has 3 rings (SSSR count). The van der Waals surface area contributed by atoms with Crippen molar-refractivity contribution in [2.24, 2.45) is 0 Å². The van der Waals surface area contributed by atoms with Crippen LogP contribution in [0.5, 0.6) is 0 Å². The second kappa shape index (κ2) is 8.01. The number of carbonyl (C=O) groups is 3. The first-order chi connectivity index (χ1) is 13.3. The van der Waals surface area contributed by atoms with E-state index in [1.165, 1.54) is 31.3 Å². The summed E-state index contributed by atoms with van der Waals surface area (Å²) in [5.74, 6) is -2.67. The molecule has 1 unspecified atom stereocenters. The van der Waals surface area contributed by atoms with Crippen molar-refractivity contribution in [1.29, 1.82) is 0 Å². The molecule has 0 fully saturated rings. The number of nitrogens with one attached hydrogen (secondary N) is 1. The molecule has 0 radical (unpaired) electrons. The number of aromatic nitrogens is 2. The van der Waals surface area contributed by atoms with Crippen molar-refractivity contribution in [3.8, 4) is 0 Å². The summed E-state index contributed by atoms with van der Waals surface area (Å²) in [7, 11) is 0. The highest BCUT2D eigenvalue weighted by atomic mass is 35.5. The van der Waals surface area contributed by atoms with Gasteiger partial charge in [0.05, 0.1) is 27.8 Å². The lowest BCUT2D eigenvalue weighted by molar-refractivity contribution is -0.123. The Balaban J connectivity index is 1.68. The zero-order valence-corrected chi connectivity index (χ0v) is 15.3. The number of carboxylic acids is 1. The smallest absolute Gasteiger partial charge is 0.359 e. The Labute approximate surface area is 164 Å². The number of benzene rings is 2. The Morgan fingerprint density at radius 3 is 2.57 bits per heavy atom. The number of hydrogen-bond acceptors (Lipinski definition) is 6. The molecule has 8 nitrogen and oxygen atoms in total. The Bertz CT molecular complexity index is 1090. The third kappa shape index (κ3) is 4.24. The fraction of sp³-hybridized carbons (Fsp3) is 0.105. The van der Waals surface area contributed by atoms with Crippen LogP contribution in [0.1, 0.15) is 27.8 Å². The van der Waals surface area contributed by atoms with Gasteiger partial charge in [-0.25, -0.2) is 14.6 Å². The summed E-state index contributed by atoms with van der Waals surface area (Å²) in [6.07, 6.45) is 0.123. The number of para-hydroxylation sites is 2. The van der Waals surface area contributed by atoms with Crippen LogP contribution in [0.15, 0.2) is 48.7 Å². The van der Waals surface area contributed by atoms with Crippen molar-refractivity contribution in [3.63, 3.8) is 0 Å². The van der Waals surface area contributed by atoms with Crippen LogP contribution >= 0.6 is 11.6 Å². The summed E-state index contributed by atoms with van der Waals surface area (Å²) in [6.45, 7) is 1.38. The predicted octanol–water partition coefficient (Wildman–Crippen LogP) is 3.17. The highest BCUT2D eigenvalue weighted by molar-refractivity contribution is 6.33. The molecule has 28 heavy (non-hydrogen) atoms. The molecule has 0 aliphatic carbocycles. The first-order valence-electron chi connectivity index (χ1n) is 8.11. The second-order valence-electron chi connectivity index (χ2n) is 5.78. The van der Waals surface area contributed by atoms with Crippen molar-refractivity contribution in [3.05, 3.63) is 64.9 Å². The highest BCUT2D eigenvalue weighted by Gasteiger charge is 2.21. The van der Waals surface area contributed by atoms with Gasteiger partial charge in [0.1, 0.15) is 0 Å². The third-order valence-corrected chi connectivity index (χ3v) is 4.10. The van der Waals surface area contributed by atoms with E-state index < -0.39 is 23.9 Å². The number of fused-ring (bicyclic) bond motifs is 1. The Morgan fingerprint density at radius 1 is 1.14 bits per heavy atom. The predicted molar refractivity (Wildman–Crippen MR) is 101 cm³/mol. The van der Waals surface area contributed by atoms with Gasteiger partial charge in [-0.15, -0.1) is 0 Å². The number of anilines is 1. The molecule has 1 atom stereocenters. The number of carboxylic acid groups (broad SMARTS) is 1. The molecular formula is C19H14ClN3O5. The maximum absolute atomic E-state index is 12.3. The molecule has 1 heterocycles. The quantitative estimate of drug-likeness (QED) is 0.632. The van der Waals surface area contributed by atoms with E-state index in [0.29, 0.717) is 11.0 Å². The summed E-state index contributed by atoms with van der Waals surface area (Å²) in [6, 6.07) is 11.0. The van der Waals surface area contributed by atoms with Crippen molar-refractivity contribution in [1.82, 2.24) is 9.97 Å². The van der Waals surface area contributed by atoms with Crippen LogP contribution < -0.4 is 5.32 Å². The van der Waals surface area contributed by atoms with E-state index in [0.717, 1.165) is 0 Å². The van der Waals surface area contributed by atoms with Crippen LogP contribution in [-0.2, 0) is 9.53 Å². The molecule has 2 aromatic carbocycles. The normalized spacial score (nSPS) is 11.6. The van der Waals surface area contributed by atoms with Crippen molar-refractivity contribution in [2.75, 3.05) is 5.32 Å². The van der Waals surface area contributed by atoms with Gasteiger partial charge in [0.25, 0.3) is 5.91 Å². The molecule has 9 heteroatoms. The van der Waals surface area contributed by atoms with Crippen LogP contribution in [0.4, 0.5) is 5.69 Å². The van der Waals surface area contributed by atoms with E-state index in [1.54, 1.807) is 24.3 Å². The lowest BCUT2D eigenvalue weighted by Gasteiger charge is -2.14.